The van der Waals surface area contributed by atoms with Crippen LogP contribution in [0.3, 0.4) is 0 Å². The molecule has 2 aromatic heterocycles. The standard InChI is InChI=1S/C24H30N4O/c1-3-20(18-28-11-13-29-14-12-28)4-2-19(1)17-27-9-6-21(7-10-27)23-15-22-5-8-25-24(22)26-16-23/h1-5,8,15-16,21H,6-7,9-14,17-18H2,(H,25,26). The summed E-state index contributed by atoms with van der Waals surface area (Å²) in [6.45, 7) is 8.23. The predicted molar refractivity (Wildman–Crippen MR) is 116 cm³/mol. The number of aromatic nitrogens is 2. The molecule has 1 N–H and O–H groups in total. The van der Waals surface area contributed by atoms with Crippen LogP contribution in [0, 0.1) is 0 Å². The Morgan fingerprint density at radius 2 is 1.55 bits per heavy atom. The van der Waals surface area contributed by atoms with E-state index in [0.717, 1.165) is 58.1 Å². The Bertz CT molecular complexity index is 921. The number of piperidine rings is 1. The average molecular weight is 391 g/mol. The van der Waals surface area contributed by atoms with Crippen LogP contribution in [0.2, 0.25) is 0 Å². The number of nitrogens with zero attached hydrogens (tertiary/aromatic N) is 3. The summed E-state index contributed by atoms with van der Waals surface area (Å²) in [5.74, 6) is 0.633. The van der Waals surface area contributed by atoms with Crippen LogP contribution >= 0.6 is 0 Å². The molecule has 0 amide bonds. The molecule has 2 aliphatic heterocycles. The number of morpholine rings is 1. The largest absolute Gasteiger partial charge is 0.379 e. The van der Waals surface area contributed by atoms with Crippen LogP contribution in [0.5, 0.6) is 0 Å². The quantitative estimate of drug-likeness (QED) is 0.720. The van der Waals surface area contributed by atoms with Gasteiger partial charge in [0.15, 0.2) is 0 Å². The highest BCUT2D eigenvalue weighted by molar-refractivity contribution is 5.75. The molecule has 2 aliphatic rings. The maximum Gasteiger partial charge on any atom is 0.137 e. The molecule has 0 aliphatic carbocycles. The van der Waals surface area contributed by atoms with Gasteiger partial charge < -0.3 is 9.72 Å². The molecule has 0 radical (unpaired) electrons. The molecule has 0 saturated carbocycles. The van der Waals surface area contributed by atoms with E-state index >= 15 is 0 Å². The molecule has 2 saturated heterocycles. The van der Waals surface area contributed by atoms with E-state index in [2.05, 4.69) is 62.4 Å². The summed E-state index contributed by atoms with van der Waals surface area (Å²) in [4.78, 5) is 12.8. The Morgan fingerprint density at radius 3 is 2.24 bits per heavy atom. The number of likely N-dealkylation sites (tertiary alicyclic amines) is 1. The minimum atomic E-state index is 0.633. The summed E-state index contributed by atoms with van der Waals surface area (Å²) in [5, 5.41) is 1.22. The van der Waals surface area contributed by atoms with Crippen molar-refractivity contribution in [1.29, 1.82) is 0 Å². The number of nitrogens with one attached hydrogen (secondary N) is 1. The number of aromatic amines is 1. The van der Waals surface area contributed by atoms with E-state index < -0.39 is 0 Å². The van der Waals surface area contributed by atoms with Crippen molar-refractivity contribution in [2.45, 2.75) is 31.8 Å². The lowest BCUT2D eigenvalue weighted by Gasteiger charge is -2.32. The summed E-state index contributed by atoms with van der Waals surface area (Å²) in [5.41, 5.74) is 5.21. The lowest BCUT2D eigenvalue weighted by molar-refractivity contribution is 0.0342. The van der Waals surface area contributed by atoms with Crippen molar-refractivity contribution in [3.8, 4) is 0 Å². The molecule has 0 unspecified atom stereocenters. The Morgan fingerprint density at radius 1 is 0.897 bits per heavy atom. The number of benzene rings is 1. The second-order valence-corrected chi connectivity index (χ2v) is 8.44. The number of hydrogen-bond donors (Lipinski definition) is 1. The van der Waals surface area contributed by atoms with Gasteiger partial charge in [-0.05, 0) is 60.7 Å². The van der Waals surface area contributed by atoms with Crippen LogP contribution in [0.25, 0.3) is 11.0 Å². The third-order valence-electron chi connectivity index (χ3n) is 6.42. The zero-order valence-corrected chi connectivity index (χ0v) is 17.0. The van der Waals surface area contributed by atoms with Crippen molar-refractivity contribution >= 4 is 11.0 Å². The SMILES string of the molecule is c1cc2cc(C3CCN(Cc4ccc(CN5CCOCC5)cc4)CC3)cnc2[nH]1. The number of hydrogen-bond acceptors (Lipinski definition) is 4. The summed E-state index contributed by atoms with van der Waals surface area (Å²) in [7, 11) is 0. The van der Waals surface area contributed by atoms with Gasteiger partial charge >= 0.3 is 0 Å². The van der Waals surface area contributed by atoms with Crippen molar-refractivity contribution in [1.82, 2.24) is 19.8 Å². The fourth-order valence-electron chi connectivity index (χ4n) is 4.63. The zero-order chi connectivity index (χ0) is 19.5. The predicted octanol–water partition coefficient (Wildman–Crippen LogP) is 3.77. The molecule has 4 heterocycles. The Balaban J connectivity index is 1.13. The third kappa shape index (κ3) is 4.53. The van der Waals surface area contributed by atoms with Gasteiger partial charge in [0.05, 0.1) is 13.2 Å². The molecule has 0 spiro atoms. The number of rotatable bonds is 5. The molecular formula is C24H30N4O. The topological polar surface area (TPSA) is 44.4 Å². The first kappa shape index (κ1) is 18.8. The molecule has 29 heavy (non-hydrogen) atoms. The molecule has 1 aromatic carbocycles. The van der Waals surface area contributed by atoms with Crippen molar-refractivity contribution in [3.05, 3.63) is 65.5 Å². The lowest BCUT2D eigenvalue weighted by atomic mass is 9.90. The lowest BCUT2D eigenvalue weighted by Crippen LogP contribution is -2.35. The molecule has 5 nitrogen and oxygen atoms in total. The van der Waals surface area contributed by atoms with Crippen LogP contribution in [-0.2, 0) is 17.8 Å². The minimum absolute atomic E-state index is 0.633. The Hall–Kier alpha value is -2.21. The van der Waals surface area contributed by atoms with Gasteiger partial charge in [0.1, 0.15) is 5.65 Å². The van der Waals surface area contributed by atoms with Crippen molar-refractivity contribution in [2.24, 2.45) is 0 Å². The van der Waals surface area contributed by atoms with E-state index in [0.29, 0.717) is 5.92 Å². The van der Waals surface area contributed by atoms with Crippen molar-refractivity contribution in [3.63, 3.8) is 0 Å². The molecule has 0 atom stereocenters. The smallest absolute Gasteiger partial charge is 0.137 e. The normalized spacial score (nSPS) is 19.7. The second kappa shape index (κ2) is 8.66. The second-order valence-electron chi connectivity index (χ2n) is 8.44. The first-order chi connectivity index (χ1) is 14.3. The van der Waals surface area contributed by atoms with Gasteiger partial charge in [-0.3, -0.25) is 9.80 Å². The molecule has 5 rings (SSSR count). The summed E-state index contributed by atoms with van der Waals surface area (Å²) >= 11 is 0. The van der Waals surface area contributed by atoms with E-state index in [4.69, 9.17) is 4.74 Å². The van der Waals surface area contributed by atoms with E-state index in [9.17, 15) is 0 Å². The molecule has 152 valence electrons. The third-order valence-corrected chi connectivity index (χ3v) is 6.42. The minimum Gasteiger partial charge on any atom is -0.379 e. The number of pyridine rings is 1. The van der Waals surface area contributed by atoms with Gasteiger partial charge in [-0.15, -0.1) is 0 Å². The fraction of sp³-hybridized carbons (Fsp3) is 0.458. The fourth-order valence-corrected chi connectivity index (χ4v) is 4.63. The van der Waals surface area contributed by atoms with Crippen LogP contribution in [0.4, 0.5) is 0 Å². The number of H-pyrrole nitrogens is 1. The van der Waals surface area contributed by atoms with Crippen molar-refractivity contribution < 1.29 is 4.74 Å². The first-order valence-corrected chi connectivity index (χ1v) is 10.9. The summed E-state index contributed by atoms with van der Waals surface area (Å²) in [6.07, 6.45) is 6.46. The van der Waals surface area contributed by atoms with Gasteiger partial charge in [-0.25, -0.2) is 4.98 Å². The molecule has 0 bridgehead atoms. The van der Waals surface area contributed by atoms with Gasteiger partial charge in [0.25, 0.3) is 0 Å². The number of ether oxygens (including phenoxy) is 1. The zero-order valence-electron chi connectivity index (χ0n) is 17.0. The van der Waals surface area contributed by atoms with Crippen LogP contribution in [0.15, 0.2) is 48.8 Å². The van der Waals surface area contributed by atoms with Crippen LogP contribution in [0.1, 0.15) is 35.4 Å². The summed E-state index contributed by atoms with van der Waals surface area (Å²) in [6, 6.07) is 13.7. The molecule has 5 heteroatoms. The summed E-state index contributed by atoms with van der Waals surface area (Å²) < 4.78 is 5.44. The highest BCUT2D eigenvalue weighted by Crippen LogP contribution is 2.29. The Labute approximate surface area is 172 Å². The van der Waals surface area contributed by atoms with Gasteiger partial charge in [-0.1, -0.05) is 24.3 Å². The molecule has 3 aromatic rings. The maximum atomic E-state index is 5.44. The van der Waals surface area contributed by atoms with E-state index in [-0.39, 0.29) is 0 Å². The average Bonchev–Trinajstić information content (AvgIpc) is 3.24. The van der Waals surface area contributed by atoms with Gasteiger partial charge in [0.2, 0.25) is 0 Å². The Kier molecular flexibility index (Phi) is 5.61. The van der Waals surface area contributed by atoms with Crippen LogP contribution in [-0.4, -0.2) is 59.2 Å². The van der Waals surface area contributed by atoms with Crippen molar-refractivity contribution in [2.75, 3.05) is 39.4 Å². The monoisotopic (exact) mass is 390 g/mol. The highest BCUT2D eigenvalue weighted by atomic mass is 16.5. The first-order valence-electron chi connectivity index (χ1n) is 10.9. The van der Waals surface area contributed by atoms with Gasteiger partial charge in [-0.2, -0.15) is 0 Å². The van der Waals surface area contributed by atoms with Crippen LogP contribution < -0.4 is 0 Å². The maximum absolute atomic E-state index is 5.44. The number of fused-ring (bicyclic) bond motifs is 1. The van der Waals surface area contributed by atoms with E-state index in [1.165, 1.54) is 34.9 Å². The van der Waals surface area contributed by atoms with Gasteiger partial charge in [0, 0.05) is 44.0 Å². The molecule has 2 fully saturated rings. The van der Waals surface area contributed by atoms with E-state index in [1.54, 1.807) is 0 Å². The van der Waals surface area contributed by atoms with E-state index in [1.807, 2.05) is 6.20 Å². The molecular weight excluding hydrogens is 360 g/mol. The highest BCUT2D eigenvalue weighted by Gasteiger charge is 2.21.